The molecule has 0 aromatic heterocycles. The molecule has 0 spiro atoms. The molecule has 0 bridgehead atoms. The number of nitrogens with zero attached hydrogens (tertiary/aromatic N) is 2. The molecule has 2 aliphatic rings. The molecule has 2 heterocycles. The van der Waals surface area contributed by atoms with Gasteiger partial charge in [-0.15, -0.1) is 0 Å². The van der Waals surface area contributed by atoms with E-state index in [9.17, 15) is 28.8 Å². The van der Waals surface area contributed by atoms with Crippen LogP contribution in [0.15, 0.2) is 24.3 Å². The number of quaternary nitrogens is 1. The second kappa shape index (κ2) is 16.2. The van der Waals surface area contributed by atoms with Crippen LogP contribution in [0.3, 0.4) is 0 Å². The highest BCUT2D eigenvalue weighted by molar-refractivity contribution is 7.81. The van der Waals surface area contributed by atoms with Gasteiger partial charge in [0.25, 0.3) is 5.91 Å². The fourth-order valence-corrected chi connectivity index (χ4v) is 6.36. The van der Waals surface area contributed by atoms with E-state index in [1.807, 2.05) is 26.0 Å². The van der Waals surface area contributed by atoms with Crippen molar-refractivity contribution in [2.45, 2.75) is 102 Å². The number of unbranched alkanes of at least 4 members (excludes halogenated alkanes) is 2. The molecule has 45 heavy (non-hydrogen) atoms. The van der Waals surface area contributed by atoms with E-state index in [1.54, 1.807) is 19.1 Å². The summed E-state index contributed by atoms with van der Waals surface area (Å²) >= 11 is 4.11. The zero-order chi connectivity index (χ0) is 33.3. The van der Waals surface area contributed by atoms with Crippen molar-refractivity contribution in [3.8, 4) is 0 Å². The van der Waals surface area contributed by atoms with Gasteiger partial charge >= 0.3 is 0 Å². The Morgan fingerprint density at radius 1 is 1.00 bits per heavy atom. The Kier molecular flexibility index (Phi) is 13.0. The predicted octanol–water partition coefficient (Wildman–Crippen LogP) is 1.87. The van der Waals surface area contributed by atoms with Gasteiger partial charge in [0.05, 0.1) is 18.8 Å². The van der Waals surface area contributed by atoms with Crippen LogP contribution in [0, 0.1) is 5.92 Å². The summed E-state index contributed by atoms with van der Waals surface area (Å²) in [6.07, 6.45) is 4.92. The molecule has 0 saturated carbocycles. The van der Waals surface area contributed by atoms with Gasteiger partial charge in [0.2, 0.25) is 29.5 Å². The van der Waals surface area contributed by atoms with Crippen molar-refractivity contribution in [1.29, 1.82) is 0 Å². The van der Waals surface area contributed by atoms with Crippen molar-refractivity contribution >= 4 is 53.8 Å². The number of hydrogen-bond donors (Lipinski definition) is 5. The summed E-state index contributed by atoms with van der Waals surface area (Å²) in [4.78, 5) is 75.5. The third-order valence-electron chi connectivity index (χ3n) is 8.77. The molecular formula is C32H49N6O6S+. The highest BCUT2D eigenvalue weighted by Crippen LogP contribution is 2.27. The number of hydrogen-bond acceptors (Lipinski definition) is 7. The topological polar surface area (TPSA) is 168 Å². The highest BCUT2D eigenvalue weighted by atomic mass is 32.1. The Morgan fingerprint density at radius 2 is 1.69 bits per heavy atom. The van der Waals surface area contributed by atoms with Gasteiger partial charge < -0.3 is 26.2 Å². The number of benzene rings is 1. The summed E-state index contributed by atoms with van der Waals surface area (Å²) in [5, 5.41) is 7.73. The molecular weight excluding hydrogens is 596 g/mol. The molecule has 3 rings (SSSR count). The number of carbonyl (C=O) groups is 6. The molecule has 0 aliphatic carbocycles. The molecule has 6 amide bonds. The number of primary amides is 1. The lowest BCUT2D eigenvalue weighted by Gasteiger charge is -2.43. The number of nitrogens with two attached hydrogens (primary N) is 1. The number of carbonyl (C=O) groups excluding carboxylic acids is 6. The second-order valence-electron chi connectivity index (χ2n) is 12.9. The third-order valence-corrected chi connectivity index (χ3v) is 9.17. The fraction of sp³-hybridized carbons (Fsp3) is 0.625. The standard InChI is InChI=1S/C32H48N6O6S/c1-20(2)28(36-26(39)11-6-5-8-16-37-27(40)18-25(45)32(37)44)31(43)34-21(3)30(42)35-23-14-12-22(13-15-23)19-38(4)17-9-7-10-24(38)29(33)41/h12-15,20-21,24-25,28H,5-11,16-19H2,1-4H3,(H5-,33,34,35,36,39,41,42,43,45)/p+1/t21-,24+,25?,28-,38?/m0/s1. The van der Waals surface area contributed by atoms with Crippen molar-refractivity contribution in [2.24, 2.45) is 11.7 Å². The molecule has 1 aromatic rings. The quantitative estimate of drug-likeness (QED) is 0.0845. The molecule has 13 heteroatoms. The van der Waals surface area contributed by atoms with Crippen molar-refractivity contribution in [2.75, 3.05) is 25.5 Å². The fourth-order valence-electron chi connectivity index (χ4n) is 6.06. The van der Waals surface area contributed by atoms with Crippen molar-refractivity contribution in [3.05, 3.63) is 29.8 Å². The van der Waals surface area contributed by atoms with Gasteiger partial charge in [0, 0.05) is 37.1 Å². The zero-order valence-corrected chi connectivity index (χ0v) is 27.7. The Labute approximate surface area is 271 Å². The third kappa shape index (κ3) is 10.0. The van der Waals surface area contributed by atoms with Crippen LogP contribution in [0.1, 0.15) is 77.7 Å². The maximum atomic E-state index is 13.0. The zero-order valence-electron chi connectivity index (χ0n) is 26.8. The van der Waals surface area contributed by atoms with Gasteiger partial charge in [-0.1, -0.05) is 32.4 Å². The molecule has 248 valence electrons. The molecule has 5 N–H and O–H groups in total. The van der Waals surface area contributed by atoms with Crippen LogP contribution in [0.5, 0.6) is 0 Å². The Balaban J connectivity index is 1.43. The minimum atomic E-state index is -0.850. The van der Waals surface area contributed by atoms with Crippen LogP contribution in [-0.2, 0) is 35.3 Å². The van der Waals surface area contributed by atoms with Gasteiger partial charge in [-0.25, -0.2) is 0 Å². The monoisotopic (exact) mass is 645 g/mol. The molecule has 1 aromatic carbocycles. The Hall–Kier alpha value is -3.45. The van der Waals surface area contributed by atoms with Crippen molar-refractivity contribution in [1.82, 2.24) is 15.5 Å². The lowest BCUT2D eigenvalue weighted by Crippen LogP contribution is -2.59. The summed E-state index contributed by atoms with van der Waals surface area (Å²) < 4.78 is 0.567. The van der Waals surface area contributed by atoms with Crippen LogP contribution < -0.4 is 21.7 Å². The summed E-state index contributed by atoms with van der Waals surface area (Å²) in [6, 6.07) is 5.55. The SMILES string of the molecule is CC(C)[C@H](NC(=O)CCCCCN1C(=O)CC(S)C1=O)C(=O)N[C@@H](C)C(=O)Nc1ccc(C[N+]2(C)CCCC[C@@H]2C(N)=O)cc1. The van der Waals surface area contributed by atoms with Gasteiger partial charge in [0.1, 0.15) is 18.6 Å². The first-order valence-corrected chi connectivity index (χ1v) is 16.4. The number of imide groups is 1. The van der Waals surface area contributed by atoms with Gasteiger partial charge in [0.15, 0.2) is 6.04 Å². The lowest BCUT2D eigenvalue weighted by atomic mass is 9.97. The van der Waals surface area contributed by atoms with E-state index >= 15 is 0 Å². The normalized spacial score (nSPS) is 23.0. The van der Waals surface area contributed by atoms with Crippen molar-refractivity contribution < 1.29 is 33.3 Å². The van der Waals surface area contributed by atoms with E-state index in [1.165, 1.54) is 4.90 Å². The van der Waals surface area contributed by atoms with Crippen LogP contribution in [0.25, 0.3) is 0 Å². The van der Waals surface area contributed by atoms with E-state index in [-0.39, 0.29) is 48.4 Å². The maximum absolute atomic E-state index is 13.0. The van der Waals surface area contributed by atoms with E-state index in [0.29, 0.717) is 42.5 Å². The highest BCUT2D eigenvalue weighted by Gasteiger charge is 2.39. The number of nitrogens with one attached hydrogen (secondary N) is 3. The van der Waals surface area contributed by atoms with E-state index in [4.69, 9.17) is 5.73 Å². The van der Waals surface area contributed by atoms with E-state index < -0.39 is 29.1 Å². The van der Waals surface area contributed by atoms with Gasteiger partial charge in [-0.05, 0) is 50.7 Å². The number of amides is 6. The smallest absolute Gasteiger partial charge is 0.275 e. The first-order valence-electron chi connectivity index (χ1n) is 15.9. The Bertz CT molecular complexity index is 1260. The second-order valence-corrected chi connectivity index (χ2v) is 13.5. The Morgan fingerprint density at radius 3 is 2.29 bits per heavy atom. The number of likely N-dealkylation sites (tertiary alicyclic amines) is 2. The number of likely N-dealkylation sites (N-methyl/N-ethyl adjacent to an activating group) is 1. The van der Waals surface area contributed by atoms with E-state index in [0.717, 1.165) is 31.4 Å². The summed E-state index contributed by atoms with van der Waals surface area (Å²) in [5.41, 5.74) is 7.29. The van der Waals surface area contributed by atoms with Crippen LogP contribution in [0.4, 0.5) is 5.69 Å². The van der Waals surface area contributed by atoms with Crippen LogP contribution in [0.2, 0.25) is 0 Å². The first-order chi connectivity index (χ1) is 21.2. The number of thiol groups is 1. The van der Waals surface area contributed by atoms with Crippen molar-refractivity contribution in [3.63, 3.8) is 0 Å². The largest absolute Gasteiger partial charge is 0.365 e. The minimum Gasteiger partial charge on any atom is -0.365 e. The maximum Gasteiger partial charge on any atom is 0.275 e. The van der Waals surface area contributed by atoms with Gasteiger partial charge in [-0.3, -0.25) is 33.7 Å². The predicted molar refractivity (Wildman–Crippen MR) is 174 cm³/mol. The number of piperidine rings is 1. The first kappa shape index (κ1) is 36.0. The van der Waals surface area contributed by atoms with Gasteiger partial charge in [-0.2, -0.15) is 12.6 Å². The van der Waals surface area contributed by atoms with Crippen LogP contribution >= 0.6 is 12.6 Å². The molecule has 12 nitrogen and oxygen atoms in total. The molecule has 5 atom stereocenters. The number of rotatable bonds is 15. The average Bonchev–Trinajstić information content (AvgIpc) is 3.21. The molecule has 2 unspecified atom stereocenters. The van der Waals surface area contributed by atoms with Crippen LogP contribution in [-0.4, -0.2) is 88.3 Å². The molecule has 2 saturated heterocycles. The summed E-state index contributed by atoms with van der Waals surface area (Å²) in [7, 11) is 2.06. The minimum absolute atomic E-state index is 0.122. The van der Waals surface area contributed by atoms with E-state index in [2.05, 4.69) is 35.6 Å². The molecule has 2 fully saturated rings. The number of anilines is 1. The molecule has 2 aliphatic heterocycles. The summed E-state index contributed by atoms with van der Waals surface area (Å²) in [6.45, 7) is 7.06. The lowest BCUT2D eigenvalue weighted by molar-refractivity contribution is -0.941. The summed E-state index contributed by atoms with van der Waals surface area (Å²) in [5.74, 6) is -2.11. The molecule has 0 radical (unpaired) electrons. The average molecular weight is 646 g/mol.